The van der Waals surface area contributed by atoms with Crippen molar-refractivity contribution in [3.63, 3.8) is 0 Å². The van der Waals surface area contributed by atoms with Crippen LogP contribution in [0.4, 0.5) is 0 Å². The van der Waals surface area contributed by atoms with Crippen molar-refractivity contribution in [2.75, 3.05) is 0 Å². The maximum Gasteiger partial charge on any atom is 0.251 e. The second-order valence-corrected chi connectivity index (χ2v) is 5.62. The largest absolute Gasteiger partial charge is 0.348 e. The summed E-state index contributed by atoms with van der Waals surface area (Å²) in [4.78, 5) is 12.0. The highest BCUT2D eigenvalue weighted by Crippen LogP contribution is 2.12. The standard InChI is InChI=1S/C15H13Br2NO/c16-9-11-3-1-4-12(7-11)10-18-15(19)13-5-2-6-14(17)8-13/h1-8H,9-10H2,(H,18,19). The summed E-state index contributed by atoms with van der Waals surface area (Å²) in [6, 6.07) is 15.5. The lowest BCUT2D eigenvalue weighted by Crippen LogP contribution is -2.22. The van der Waals surface area contributed by atoms with E-state index in [1.165, 1.54) is 5.56 Å². The van der Waals surface area contributed by atoms with Gasteiger partial charge in [0.05, 0.1) is 0 Å². The minimum Gasteiger partial charge on any atom is -0.348 e. The van der Waals surface area contributed by atoms with Crippen molar-refractivity contribution >= 4 is 37.8 Å². The van der Waals surface area contributed by atoms with E-state index in [-0.39, 0.29) is 5.91 Å². The lowest BCUT2D eigenvalue weighted by atomic mass is 10.1. The van der Waals surface area contributed by atoms with Crippen molar-refractivity contribution in [2.24, 2.45) is 0 Å². The van der Waals surface area contributed by atoms with Crippen LogP contribution in [0.3, 0.4) is 0 Å². The van der Waals surface area contributed by atoms with Crippen molar-refractivity contribution in [2.45, 2.75) is 11.9 Å². The highest BCUT2D eigenvalue weighted by Gasteiger charge is 2.05. The number of nitrogens with one attached hydrogen (secondary N) is 1. The van der Waals surface area contributed by atoms with Gasteiger partial charge >= 0.3 is 0 Å². The Morgan fingerprint density at radius 2 is 1.79 bits per heavy atom. The first kappa shape index (κ1) is 14.3. The van der Waals surface area contributed by atoms with Gasteiger partial charge in [-0.3, -0.25) is 4.79 Å². The Bertz CT molecular complexity index is 584. The van der Waals surface area contributed by atoms with E-state index in [0.29, 0.717) is 12.1 Å². The maximum absolute atomic E-state index is 12.0. The molecule has 2 rings (SSSR count). The summed E-state index contributed by atoms with van der Waals surface area (Å²) < 4.78 is 0.904. The minimum absolute atomic E-state index is 0.0643. The van der Waals surface area contributed by atoms with Crippen LogP contribution in [0.15, 0.2) is 53.0 Å². The van der Waals surface area contributed by atoms with Crippen LogP contribution in [0.1, 0.15) is 21.5 Å². The van der Waals surface area contributed by atoms with E-state index >= 15 is 0 Å². The smallest absolute Gasteiger partial charge is 0.251 e. The molecule has 0 bridgehead atoms. The number of benzene rings is 2. The first-order valence-corrected chi connectivity index (χ1v) is 7.78. The number of hydrogen-bond donors (Lipinski definition) is 1. The number of alkyl halides is 1. The van der Waals surface area contributed by atoms with E-state index in [1.54, 1.807) is 6.07 Å². The van der Waals surface area contributed by atoms with Gasteiger partial charge in [0.1, 0.15) is 0 Å². The van der Waals surface area contributed by atoms with Gasteiger partial charge < -0.3 is 5.32 Å². The summed E-state index contributed by atoms with van der Waals surface area (Å²) in [6.45, 7) is 0.534. The van der Waals surface area contributed by atoms with Crippen LogP contribution in [0.5, 0.6) is 0 Å². The van der Waals surface area contributed by atoms with Gasteiger partial charge in [0.2, 0.25) is 0 Å². The van der Waals surface area contributed by atoms with Gasteiger partial charge in [0.15, 0.2) is 0 Å². The topological polar surface area (TPSA) is 29.1 Å². The van der Waals surface area contributed by atoms with Gasteiger partial charge in [0, 0.05) is 21.9 Å². The Morgan fingerprint density at radius 1 is 1.05 bits per heavy atom. The molecule has 2 aromatic carbocycles. The quantitative estimate of drug-likeness (QED) is 0.786. The Hall–Kier alpha value is -1.13. The van der Waals surface area contributed by atoms with E-state index in [4.69, 9.17) is 0 Å². The summed E-state index contributed by atoms with van der Waals surface area (Å²) in [7, 11) is 0. The van der Waals surface area contributed by atoms with Gasteiger partial charge in [0.25, 0.3) is 5.91 Å². The zero-order valence-corrected chi connectivity index (χ0v) is 13.4. The summed E-state index contributed by atoms with van der Waals surface area (Å²) in [6.07, 6.45) is 0. The van der Waals surface area contributed by atoms with Gasteiger partial charge in [-0.2, -0.15) is 0 Å². The predicted octanol–water partition coefficient (Wildman–Crippen LogP) is 4.27. The molecule has 0 fully saturated rings. The van der Waals surface area contributed by atoms with Crippen molar-refractivity contribution in [3.05, 3.63) is 69.7 Å². The molecule has 4 heteroatoms. The van der Waals surface area contributed by atoms with Crippen LogP contribution in [-0.2, 0) is 11.9 Å². The molecule has 0 aromatic heterocycles. The van der Waals surface area contributed by atoms with E-state index in [9.17, 15) is 4.79 Å². The number of hydrogen-bond acceptors (Lipinski definition) is 1. The van der Waals surface area contributed by atoms with Crippen LogP contribution in [0.25, 0.3) is 0 Å². The van der Waals surface area contributed by atoms with E-state index in [1.807, 2.05) is 36.4 Å². The highest BCUT2D eigenvalue weighted by atomic mass is 79.9. The third-order valence-electron chi connectivity index (χ3n) is 2.69. The van der Waals surface area contributed by atoms with Gasteiger partial charge in [-0.15, -0.1) is 0 Å². The molecule has 0 saturated heterocycles. The lowest BCUT2D eigenvalue weighted by molar-refractivity contribution is 0.0951. The molecule has 0 heterocycles. The fourth-order valence-corrected chi connectivity index (χ4v) is 2.48. The number of carbonyl (C=O) groups is 1. The van der Waals surface area contributed by atoms with Crippen molar-refractivity contribution in [1.82, 2.24) is 5.32 Å². The Labute approximate surface area is 129 Å². The average Bonchev–Trinajstić information content (AvgIpc) is 2.45. The third-order valence-corrected chi connectivity index (χ3v) is 3.83. The third kappa shape index (κ3) is 4.18. The molecular formula is C15H13Br2NO. The molecule has 0 saturated carbocycles. The van der Waals surface area contributed by atoms with Crippen LogP contribution in [0, 0.1) is 0 Å². The molecule has 0 aliphatic carbocycles. The Balaban J connectivity index is 2.00. The second kappa shape index (κ2) is 6.87. The van der Waals surface area contributed by atoms with Crippen LogP contribution >= 0.6 is 31.9 Å². The summed E-state index contributed by atoms with van der Waals surface area (Å²) in [5.41, 5.74) is 2.96. The molecule has 1 N–H and O–H groups in total. The van der Waals surface area contributed by atoms with E-state index in [0.717, 1.165) is 15.4 Å². The molecule has 2 aromatic rings. The average molecular weight is 383 g/mol. The van der Waals surface area contributed by atoms with Gasteiger partial charge in [-0.1, -0.05) is 62.2 Å². The number of rotatable bonds is 4. The molecule has 0 atom stereocenters. The van der Waals surface area contributed by atoms with E-state index in [2.05, 4.69) is 43.2 Å². The molecule has 1 amide bonds. The second-order valence-electron chi connectivity index (χ2n) is 4.15. The zero-order chi connectivity index (χ0) is 13.7. The predicted molar refractivity (Wildman–Crippen MR) is 84.4 cm³/mol. The van der Waals surface area contributed by atoms with Crippen LogP contribution < -0.4 is 5.32 Å². The molecule has 0 radical (unpaired) electrons. The molecular weight excluding hydrogens is 370 g/mol. The molecule has 0 unspecified atom stereocenters. The number of amides is 1. The van der Waals surface area contributed by atoms with Crippen LogP contribution in [0.2, 0.25) is 0 Å². The van der Waals surface area contributed by atoms with Crippen LogP contribution in [-0.4, -0.2) is 5.91 Å². The molecule has 0 aliphatic rings. The normalized spacial score (nSPS) is 10.2. The fraction of sp³-hybridized carbons (Fsp3) is 0.133. The minimum atomic E-state index is -0.0643. The number of carbonyl (C=O) groups excluding carboxylic acids is 1. The summed E-state index contributed by atoms with van der Waals surface area (Å²) in [5, 5.41) is 3.74. The molecule has 98 valence electrons. The van der Waals surface area contributed by atoms with Crippen molar-refractivity contribution in [3.8, 4) is 0 Å². The zero-order valence-electron chi connectivity index (χ0n) is 10.2. The SMILES string of the molecule is O=C(NCc1cccc(CBr)c1)c1cccc(Br)c1. The molecule has 19 heavy (non-hydrogen) atoms. The van der Waals surface area contributed by atoms with Gasteiger partial charge in [-0.05, 0) is 29.3 Å². The van der Waals surface area contributed by atoms with Gasteiger partial charge in [-0.25, -0.2) is 0 Å². The first-order chi connectivity index (χ1) is 9.19. The summed E-state index contributed by atoms with van der Waals surface area (Å²) >= 11 is 6.78. The molecule has 0 aliphatic heterocycles. The van der Waals surface area contributed by atoms with E-state index < -0.39 is 0 Å². The van der Waals surface area contributed by atoms with Crippen molar-refractivity contribution in [1.29, 1.82) is 0 Å². The molecule has 0 spiro atoms. The van der Waals surface area contributed by atoms with Crippen molar-refractivity contribution < 1.29 is 4.79 Å². The summed E-state index contributed by atoms with van der Waals surface area (Å²) in [5.74, 6) is -0.0643. The lowest BCUT2D eigenvalue weighted by Gasteiger charge is -2.07. The Kier molecular flexibility index (Phi) is 5.16. The fourth-order valence-electron chi connectivity index (χ4n) is 1.74. The number of halogens is 2. The Morgan fingerprint density at radius 3 is 2.53 bits per heavy atom. The molecule has 2 nitrogen and oxygen atoms in total. The maximum atomic E-state index is 12.0. The first-order valence-electron chi connectivity index (χ1n) is 5.86. The highest BCUT2D eigenvalue weighted by molar-refractivity contribution is 9.10. The monoisotopic (exact) mass is 381 g/mol.